The van der Waals surface area contributed by atoms with Crippen molar-refractivity contribution in [3.63, 3.8) is 0 Å². The molecule has 22 heavy (non-hydrogen) atoms. The Morgan fingerprint density at radius 3 is 2.91 bits per heavy atom. The minimum Gasteiger partial charge on any atom is -0.344 e. The Morgan fingerprint density at radius 2 is 2.09 bits per heavy atom. The van der Waals surface area contributed by atoms with E-state index in [0.717, 1.165) is 58.5 Å². The second kappa shape index (κ2) is 8.26. The van der Waals surface area contributed by atoms with Crippen LogP contribution in [0.15, 0.2) is 11.4 Å². The van der Waals surface area contributed by atoms with Crippen molar-refractivity contribution in [2.45, 2.75) is 19.4 Å². The van der Waals surface area contributed by atoms with Crippen LogP contribution >= 0.6 is 35.3 Å². The van der Waals surface area contributed by atoms with Gasteiger partial charge in [0, 0.05) is 44.1 Å². The molecule has 0 radical (unpaired) electrons. The van der Waals surface area contributed by atoms with Gasteiger partial charge in [-0.05, 0) is 29.9 Å². The second-order valence-corrected chi connectivity index (χ2v) is 6.71. The largest absolute Gasteiger partial charge is 0.344 e. The summed E-state index contributed by atoms with van der Waals surface area (Å²) in [6.45, 7) is 5.29. The van der Waals surface area contributed by atoms with Crippen molar-refractivity contribution in [2.75, 3.05) is 39.3 Å². The topological polar surface area (TPSA) is 43.9 Å². The van der Waals surface area contributed by atoms with E-state index in [-0.39, 0.29) is 29.9 Å². The van der Waals surface area contributed by atoms with Crippen LogP contribution in [0.4, 0.5) is 0 Å². The highest BCUT2D eigenvalue weighted by Crippen LogP contribution is 2.24. The molecule has 0 atom stereocenters. The monoisotopic (exact) mass is 435 g/mol. The van der Waals surface area contributed by atoms with Crippen LogP contribution in [0.25, 0.3) is 0 Å². The molecule has 0 N–H and O–H groups in total. The van der Waals surface area contributed by atoms with Gasteiger partial charge in [0.15, 0.2) is 0 Å². The number of fused-ring (bicyclic) bond motifs is 1. The first-order valence-corrected chi connectivity index (χ1v) is 8.39. The van der Waals surface area contributed by atoms with Crippen LogP contribution in [-0.4, -0.2) is 66.3 Å². The van der Waals surface area contributed by atoms with Crippen molar-refractivity contribution in [1.82, 2.24) is 14.7 Å². The zero-order chi connectivity index (χ0) is 14.7. The van der Waals surface area contributed by atoms with Crippen molar-refractivity contribution < 1.29 is 9.59 Å². The predicted molar refractivity (Wildman–Crippen MR) is 97.5 cm³/mol. The lowest BCUT2D eigenvalue weighted by Crippen LogP contribution is -2.43. The van der Waals surface area contributed by atoms with E-state index in [4.69, 9.17) is 0 Å². The molecule has 0 aliphatic carbocycles. The van der Waals surface area contributed by atoms with E-state index in [1.54, 1.807) is 16.2 Å². The summed E-state index contributed by atoms with van der Waals surface area (Å²) in [6.07, 6.45) is 2.84. The van der Waals surface area contributed by atoms with Crippen molar-refractivity contribution >= 4 is 47.6 Å². The van der Waals surface area contributed by atoms with Gasteiger partial charge in [0.25, 0.3) is 0 Å². The standard InChI is InChI=1S/C15H21N3O2S.HI/c19-12-17-5-1-4-16(7-8-17)11-15(20)18-6-2-14-13(10-18)3-9-21-14;/h3,9,12H,1-2,4-8,10-11H2;1H. The summed E-state index contributed by atoms with van der Waals surface area (Å²) >= 11 is 1.79. The van der Waals surface area contributed by atoms with Gasteiger partial charge in [0.2, 0.25) is 12.3 Å². The first-order valence-electron chi connectivity index (χ1n) is 7.51. The summed E-state index contributed by atoms with van der Waals surface area (Å²) in [5.41, 5.74) is 1.31. The molecule has 0 unspecified atom stereocenters. The number of thiophene rings is 1. The summed E-state index contributed by atoms with van der Waals surface area (Å²) in [6, 6.07) is 2.13. The molecule has 0 saturated carbocycles. The number of carbonyl (C=O) groups is 2. The molecule has 0 spiro atoms. The molecular weight excluding hydrogens is 413 g/mol. The molecular formula is C15H22IN3O2S. The Labute approximate surface area is 152 Å². The van der Waals surface area contributed by atoms with Crippen LogP contribution in [0.2, 0.25) is 0 Å². The van der Waals surface area contributed by atoms with Crippen LogP contribution in [0.5, 0.6) is 0 Å². The average molecular weight is 435 g/mol. The van der Waals surface area contributed by atoms with E-state index < -0.39 is 0 Å². The lowest BCUT2D eigenvalue weighted by Gasteiger charge is -2.29. The molecule has 2 amide bonds. The fourth-order valence-corrected chi connectivity index (χ4v) is 3.90. The Morgan fingerprint density at radius 1 is 1.23 bits per heavy atom. The van der Waals surface area contributed by atoms with Crippen molar-refractivity contribution in [3.05, 3.63) is 21.9 Å². The zero-order valence-electron chi connectivity index (χ0n) is 12.6. The van der Waals surface area contributed by atoms with Crippen LogP contribution in [0.3, 0.4) is 0 Å². The number of rotatable bonds is 3. The minimum absolute atomic E-state index is 0. The van der Waals surface area contributed by atoms with Gasteiger partial charge in [-0.1, -0.05) is 0 Å². The minimum atomic E-state index is 0. The smallest absolute Gasteiger partial charge is 0.237 e. The van der Waals surface area contributed by atoms with E-state index in [1.807, 2.05) is 4.90 Å². The van der Waals surface area contributed by atoms with Crippen LogP contribution in [-0.2, 0) is 22.6 Å². The summed E-state index contributed by atoms with van der Waals surface area (Å²) in [4.78, 5) is 30.6. The molecule has 0 aromatic carbocycles. The van der Waals surface area contributed by atoms with Gasteiger partial charge in [0.1, 0.15) is 0 Å². The third-order valence-electron chi connectivity index (χ3n) is 4.29. The van der Waals surface area contributed by atoms with E-state index in [1.165, 1.54) is 10.4 Å². The zero-order valence-corrected chi connectivity index (χ0v) is 15.7. The van der Waals surface area contributed by atoms with Gasteiger partial charge in [-0.15, -0.1) is 35.3 Å². The molecule has 2 aliphatic heterocycles. The fraction of sp³-hybridized carbons (Fsp3) is 0.600. The number of nitrogens with zero attached hydrogens (tertiary/aromatic N) is 3. The summed E-state index contributed by atoms with van der Waals surface area (Å²) in [5, 5.41) is 2.11. The van der Waals surface area contributed by atoms with Gasteiger partial charge in [0.05, 0.1) is 6.54 Å². The molecule has 3 heterocycles. The summed E-state index contributed by atoms with van der Waals surface area (Å²) in [7, 11) is 0. The van der Waals surface area contributed by atoms with Gasteiger partial charge in [-0.3, -0.25) is 14.5 Å². The Kier molecular flexibility index (Phi) is 6.64. The fourth-order valence-electron chi connectivity index (χ4n) is 3.01. The van der Waals surface area contributed by atoms with Crippen LogP contribution in [0, 0.1) is 0 Å². The highest BCUT2D eigenvalue weighted by molar-refractivity contribution is 14.0. The summed E-state index contributed by atoms with van der Waals surface area (Å²) < 4.78 is 0. The van der Waals surface area contributed by atoms with Gasteiger partial charge in [-0.25, -0.2) is 0 Å². The van der Waals surface area contributed by atoms with Gasteiger partial charge in [-0.2, -0.15) is 0 Å². The number of carbonyl (C=O) groups excluding carboxylic acids is 2. The molecule has 122 valence electrons. The number of amides is 2. The maximum Gasteiger partial charge on any atom is 0.237 e. The van der Waals surface area contributed by atoms with Crippen molar-refractivity contribution in [2.24, 2.45) is 0 Å². The molecule has 3 rings (SSSR count). The Hall–Kier alpha value is -0.670. The average Bonchev–Trinajstić information content (AvgIpc) is 2.86. The molecule has 5 nitrogen and oxygen atoms in total. The Balaban J connectivity index is 0.00000176. The molecule has 7 heteroatoms. The van der Waals surface area contributed by atoms with E-state index in [9.17, 15) is 9.59 Å². The second-order valence-electron chi connectivity index (χ2n) is 5.71. The molecule has 0 bridgehead atoms. The lowest BCUT2D eigenvalue weighted by molar-refractivity contribution is -0.133. The first kappa shape index (κ1) is 17.7. The quantitative estimate of drug-likeness (QED) is 0.533. The van der Waals surface area contributed by atoms with Crippen molar-refractivity contribution in [3.8, 4) is 0 Å². The van der Waals surface area contributed by atoms with E-state index in [0.29, 0.717) is 6.54 Å². The molecule has 1 fully saturated rings. The van der Waals surface area contributed by atoms with Crippen LogP contribution < -0.4 is 0 Å². The van der Waals surface area contributed by atoms with E-state index >= 15 is 0 Å². The van der Waals surface area contributed by atoms with Crippen LogP contribution in [0.1, 0.15) is 16.9 Å². The lowest BCUT2D eigenvalue weighted by atomic mass is 10.1. The normalized spacial score (nSPS) is 19.1. The number of hydrogen-bond donors (Lipinski definition) is 0. The first-order chi connectivity index (χ1) is 10.3. The Bertz CT molecular complexity index is 523. The summed E-state index contributed by atoms with van der Waals surface area (Å²) in [5.74, 6) is 0.214. The maximum absolute atomic E-state index is 12.5. The molecule has 1 aromatic rings. The molecule has 2 aliphatic rings. The highest BCUT2D eigenvalue weighted by atomic mass is 127. The number of hydrogen-bond acceptors (Lipinski definition) is 4. The van der Waals surface area contributed by atoms with Crippen molar-refractivity contribution in [1.29, 1.82) is 0 Å². The third-order valence-corrected chi connectivity index (χ3v) is 5.31. The molecule has 1 saturated heterocycles. The predicted octanol–water partition coefficient (Wildman–Crippen LogP) is 1.41. The maximum atomic E-state index is 12.5. The highest BCUT2D eigenvalue weighted by Gasteiger charge is 2.23. The third kappa shape index (κ3) is 4.20. The SMILES string of the molecule is I.O=CN1CCCN(CC(=O)N2CCc3sccc3C2)CC1. The van der Waals surface area contributed by atoms with Gasteiger partial charge < -0.3 is 9.80 Å². The van der Waals surface area contributed by atoms with Gasteiger partial charge >= 0.3 is 0 Å². The molecule has 1 aromatic heterocycles. The van der Waals surface area contributed by atoms with E-state index in [2.05, 4.69) is 16.3 Å². The number of halogens is 1.